The number of carbonyl (C=O) groups is 2. The highest BCUT2D eigenvalue weighted by atomic mass is 16.2. The second kappa shape index (κ2) is 7.77. The molecule has 1 atom stereocenters. The van der Waals surface area contributed by atoms with Crippen molar-refractivity contribution in [3.8, 4) is 0 Å². The number of hydrogen-bond donors (Lipinski definition) is 2. The Labute approximate surface area is 130 Å². The number of aromatic nitrogens is 1. The predicted octanol–water partition coefficient (Wildman–Crippen LogP) is 1.03. The molecule has 6 nitrogen and oxygen atoms in total. The van der Waals surface area contributed by atoms with Gasteiger partial charge in [0.2, 0.25) is 5.91 Å². The van der Waals surface area contributed by atoms with Gasteiger partial charge in [-0.2, -0.15) is 0 Å². The fourth-order valence-corrected chi connectivity index (χ4v) is 2.54. The van der Waals surface area contributed by atoms with E-state index in [1.165, 1.54) is 4.57 Å². The molecule has 0 radical (unpaired) electrons. The Bertz CT molecular complexity index is 620. The Kier molecular flexibility index (Phi) is 6.34. The van der Waals surface area contributed by atoms with Crippen LogP contribution in [0, 0.1) is 6.92 Å². The third-order valence-corrected chi connectivity index (χ3v) is 3.83. The van der Waals surface area contributed by atoms with Crippen LogP contribution in [0.15, 0.2) is 10.9 Å². The molecule has 0 saturated heterocycles. The maximum atomic E-state index is 12.3. The molecule has 0 bridgehead atoms. The summed E-state index contributed by atoms with van der Waals surface area (Å²) in [6.45, 7) is 5.80. The van der Waals surface area contributed by atoms with Gasteiger partial charge >= 0.3 is 0 Å². The topological polar surface area (TPSA) is 94.2 Å². The number of nitrogens with zero attached hydrogens (tertiary/aromatic N) is 1. The zero-order valence-corrected chi connectivity index (χ0v) is 13.7. The second-order valence-electron chi connectivity index (χ2n) is 5.48. The van der Waals surface area contributed by atoms with Gasteiger partial charge in [-0.1, -0.05) is 26.7 Å². The van der Waals surface area contributed by atoms with E-state index in [2.05, 4.69) is 5.32 Å². The molecule has 0 aromatic carbocycles. The molecule has 3 N–H and O–H groups in total. The molecule has 1 heterocycles. The largest absolute Gasteiger partial charge is 0.368 e. The number of pyridine rings is 1. The number of primary amides is 1. The third-order valence-electron chi connectivity index (χ3n) is 3.83. The van der Waals surface area contributed by atoms with Crippen LogP contribution in [0.4, 0.5) is 0 Å². The first-order valence-corrected chi connectivity index (χ1v) is 7.63. The van der Waals surface area contributed by atoms with Crippen LogP contribution in [0.3, 0.4) is 0 Å². The first-order chi connectivity index (χ1) is 10.3. The molecule has 122 valence electrons. The van der Waals surface area contributed by atoms with E-state index < -0.39 is 17.9 Å². The summed E-state index contributed by atoms with van der Waals surface area (Å²) in [5, 5.41) is 2.57. The van der Waals surface area contributed by atoms with Crippen LogP contribution in [-0.2, 0) is 18.3 Å². The molecule has 1 aromatic heterocycles. The molecule has 0 unspecified atom stereocenters. The molecule has 2 amide bonds. The Morgan fingerprint density at radius 3 is 2.50 bits per heavy atom. The minimum absolute atomic E-state index is 0.0416. The van der Waals surface area contributed by atoms with Crippen LogP contribution < -0.4 is 16.6 Å². The lowest BCUT2D eigenvalue weighted by atomic mass is 10.1. The molecule has 0 aliphatic carbocycles. The van der Waals surface area contributed by atoms with Crippen LogP contribution in [0.2, 0.25) is 0 Å². The summed E-state index contributed by atoms with van der Waals surface area (Å²) in [5.41, 5.74) is 6.75. The van der Waals surface area contributed by atoms with Crippen molar-refractivity contribution in [2.45, 2.75) is 52.5 Å². The summed E-state index contributed by atoms with van der Waals surface area (Å²) < 4.78 is 1.48. The van der Waals surface area contributed by atoms with Crippen molar-refractivity contribution in [1.29, 1.82) is 0 Å². The van der Waals surface area contributed by atoms with E-state index in [9.17, 15) is 14.4 Å². The Balaban J connectivity index is 3.08. The molecule has 1 aromatic rings. The fraction of sp³-hybridized carbons (Fsp3) is 0.562. The zero-order valence-electron chi connectivity index (χ0n) is 13.7. The van der Waals surface area contributed by atoms with Crippen LogP contribution in [-0.4, -0.2) is 22.4 Å². The summed E-state index contributed by atoms with van der Waals surface area (Å²) in [6.07, 6.45) is 2.86. The van der Waals surface area contributed by atoms with E-state index in [0.717, 1.165) is 24.1 Å². The summed E-state index contributed by atoms with van der Waals surface area (Å²) in [6, 6.07) is 0.831. The van der Waals surface area contributed by atoms with Gasteiger partial charge in [-0.3, -0.25) is 14.4 Å². The van der Waals surface area contributed by atoms with Crippen molar-refractivity contribution in [2.24, 2.45) is 12.8 Å². The van der Waals surface area contributed by atoms with E-state index in [-0.39, 0.29) is 11.1 Å². The van der Waals surface area contributed by atoms with Crippen molar-refractivity contribution in [3.63, 3.8) is 0 Å². The quantitative estimate of drug-likeness (QED) is 0.787. The molecule has 0 fully saturated rings. The van der Waals surface area contributed by atoms with Gasteiger partial charge in [0.25, 0.3) is 11.5 Å². The number of amides is 2. The molecular formula is C16H25N3O3. The molecule has 6 heteroatoms. The Morgan fingerprint density at radius 1 is 1.36 bits per heavy atom. The maximum absolute atomic E-state index is 12.3. The molecule has 22 heavy (non-hydrogen) atoms. The van der Waals surface area contributed by atoms with E-state index in [1.807, 2.05) is 20.8 Å². The first-order valence-electron chi connectivity index (χ1n) is 7.63. The maximum Gasteiger partial charge on any atom is 0.263 e. The van der Waals surface area contributed by atoms with Crippen molar-refractivity contribution < 1.29 is 9.59 Å². The molecule has 1 rings (SSSR count). The fourth-order valence-electron chi connectivity index (χ4n) is 2.54. The highest BCUT2D eigenvalue weighted by Gasteiger charge is 2.21. The number of nitrogens with one attached hydrogen (secondary N) is 1. The molecule has 0 aliphatic heterocycles. The highest BCUT2D eigenvalue weighted by Crippen LogP contribution is 2.08. The number of nitrogens with two attached hydrogens (primary N) is 1. The molecule has 0 saturated carbocycles. The van der Waals surface area contributed by atoms with Crippen molar-refractivity contribution in [2.75, 3.05) is 0 Å². The Hall–Kier alpha value is -2.11. The van der Waals surface area contributed by atoms with Gasteiger partial charge in [-0.15, -0.1) is 0 Å². The van der Waals surface area contributed by atoms with Gasteiger partial charge < -0.3 is 15.6 Å². The normalized spacial score (nSPS) is 12.0. The van der Waals surface area contributed by atoms with Gasteiger partial charge in [0.1, 0.15) is 11.6 Å². The number of rotatable bonds is 7. The summed E-state index contributed by atoms with van der Waals surface area (Å²) in [5.74, 6) is -1.13. The lowest BCUT2D eigenvalue weighted by Crippen LogP contribution is -2.46. The van der Waals surface area contributed by atoms with Crippen LogP contribution in [0.25, 0.3) is 0 Å². The van der Waals surface area contributed by atoms with Crippen molar-refractivity contribution >= 4 is 11.8 Å². The third kappa shape index (κ3) is 3.96. The van der Waals surface area contributed by atoms with E-state index in [1.54, 1.807) is 13.1 Å². The lowest BCUT2D eigenvalue weighted by molar-refractivity contribution is -0.120. The molecule has 0 aliphatic rings. The number of aryl methyl sites for hydroxylation is 1. The predicted molar refractivity (Wildman–Crippen MR) is 85.8 cm³/mol. The minimum atomic E-state index is -0.747. The first kappa shape index (κ1) is 17.9. The summed E-state index contributed by atoms with van der Waals surface area (Å²) >= 11 is 0. The molecular weight excluding hydrogens is 282 g/mol. The Morgan fingerprint density at radius 2 is 2.00 bits per heavy atom. The van der Waals surface area contributed by atoms with Crippen molar-refractivity contribution in [3.05, 3.63) is 33.2 Å². The number of carbonyl (C=O) groups excluding carboxylic acids is 2. The van der Waals surface area contributed by atoms with Crippen LogP contribution in [0.1, 0.15) is 54.7 Å². The number of hydrogen-bond acceptors (Lipinski definition) is 3. The van der Waals surface area contributed by atoms with E-state index in [0.29, 0.717) is 12.8 Å². The molecule has 0 spiro atoms. The SMILES string of the molecule is CCCC[C@@H](NC(=O)c1cc(C)c(CC)n(C)c1=O)C(N)=O. The smallest absolute Gasteiger partial charge is 0.263 e. The van der Waals surface area contributed by atoms with Gasteiger partial charge in [0.05, 0.1) is 0 Å². The van der Waals surface area contributed by atoms with E-state index in [4.69, 9.17) is 5.73 Å². The zero-order chi connectivity index (χ0) is 16.9. The van der Waals surface area contributed by atoms with Crippen LogP contribution >= 0.6 is 0 Å². The average molecular weight is 307 g/mol. The summed E-state index contributed by atoms with van der Waals surface area (Å²) in [7, 11) is 1.65. The summed E-state index contributed by atoms with van der Waals surface area (Å²) in [4.78, 5) is 36.0. The van der Waals surface area contributed by atoms with Gasteiger partial charge in [-0.25, -0.2) is 0 Å². The standard InChI is InChI=1S/C16H25N3O3/c1-5-7-8-12(14(17)20)18-15(21)11-9-10(3)13(6-2)19(4)16(11)22/h9,12H,5-8H2,1-4H3,(H2,17,20)(H,18,21)/t12-/m1/s1. The van der Waals surface area contributed by atoms with Gasteiger partial charge in [0.15, 0.2) is 0 Å². The van der Waals surface area contributed by atoms with Crippen LogP contribution in [0.5, 0.6) is 0 Å². The van der Waals surface area contributed by atoms with E-state index >= 15 is 0 Å². The highest BCUT2D eigenvalue weighted by molar-refractivity contribution is 5.97. The average Bonchev–Trinajstić information content (AvgIpc) is 2.47. The second-order valence-corrected chi connectivity index (χ2v) is 5.48. The van der Waals surface area contributed by atoms with Gasteiger partial charge in [-0.05, 0) is 31.4 Å². The minimum Gasteiger partial charge on any atom is -0.368 e. The number of unbranched alkanes of at least 4 members (excludes halogenated alkanes) is 1. The lowest BCUT2D eigenvalue weighted by Gasteiger charge is -2.16. The van der Waals surface area contributed by atoms with Gasteiger partial charge in [0, 0.05) is 12.7 Å². The monoisotopic (exact) mass is 307 g/mol. The van der Waals surface area contributed by atoms with Crippen molar-refractivity contribution in [1.82, 2.24) is 9.88 Å².